The van der Waals surface area contributed by atoms with Gasteiger partial charge < -0.3 is 14.2 Å². The maximum Gasteiger partial charge on any atom is 0.261 e. The largest absolute Gasteiger partial charge is 0.494 e. The van der Waals surface area contributed by atoms with E-state index in [1.165, 1.54) is 4.90 Å². The van der Waals surface area contributed by atoms with E-state index in [0.29, 0.717) is 30.9 Å². The van der Waals surface area contributed by atoms with Gasteiger partial charge in [0.25, 0.3) is 11.8 Å². The SMILES string of the molecule is O=C1c2ccccc2C(=O)N1CCCCCCOc1ccc(OCCN2CCOCC2)cc1. The number of hydrogen-bond donors (Lipinski definition) is 0. The number of imide groups is 1. The zero-order valence-corrected chi connectivity index (χ0v) is 19.0. The van der Waals surface area contributed by atoms with Crippen molar-refractivity contribution in [1.29, 1.82) is 0 Å². The normalized spacial score (nSPS) is 16.2. The molecule has 0 aliphatic carbocycles. The number of amides is 2. The number of ether oxygens (including phenoxy) is 3. The first-order valence-corrected chi connectivity index (χ1v) is 11.8. The molecule has 176 valence electrons. The molecule has 0 atom stereocenters. The monoisotopic (exact) mass is 452 g/mol. The molecule has 4 rings (SSSR count). The van der Waals surface area contributed by atoms with E-state index in [4.69, 9.17) is 14.2 Å². The van der Waals surface area contributed by atoms with Gasteiger partial charge in [-0.1, -0.05) is 25.0 Å². The molecular formula is C26H32N2O5. The zero-order chi connectivity index (χ0) is 22.9. The van der Waals surface area contributed by atoms with Crippen LogP contribution >= 0.6 is 0 Å². The first-order valence-electron chi connectivity index (χ1n) is 11.8. The Morgan fingerprint density at radius 1 is 0.697 bits per heavy atom. The van der Waals surface area contributed by atoms with Crippen LogP contribution in [0.2, 0.25) is 0 Å². The second-order valence-corrected chi connectivity index (χ2v) is 8.34. The summed E-state index contributed by atoms with van der Waals surface area (Å²) in [7, 11) is 0. The lowest BCUT2D eigenvalue weighted by Crippen LogP contribution is -2.38. The Labute approximate surface area is 195 Å². The lowest BCUT2D eigenvalue weighted by molar-refractivity contribution is 0.0322. The van der Waals surface area contributed by atoms with Crippen molar-refractivity contribution in [2.45, 2.75) is 25.7 Å². The minimum Gasteiger partial charge on any atom is -0.494 e. The van der Waals surface area contributed by atoms with Crippen molar-refractivity contribution >= 4 is 11.8 Å². The van der Waals surface area contributed by atoms with Crippen LogP contribution in [0.4, 0.5) is 0 Å². The molecule has 2 aliphatic heterocycles. The lowest BCUT2D eigenvalue weighted by atomic mass is 10.1. The van der Waals surface area contributed by atoms with Crippen LogP contribution in [-0.2, 0) is 4.74 Å². The van der Waals surface area contributed by atoms with E-state index in [1.807, 2.05) is 24.3 Å². The summed E-state index contributed by atoms with van der Waals surface area (Å²) in [6.07, 6.45) is 3.68. The molecule has 2 amide bonds. The van der Waals surface area contributed by atoms with Gasteiger partial charge in [-0.3, -0.25) is 19.4 Å². The Morgan fingerprint density at radius 3 is 1.91 bits per heavy atom. The maximum atomic E-state index is 12.4. The predicted molar refractivity (Wildman–Crippen MR) is 125 cm³/mol. The Kier molecular flexibility index (Phi) is 8.33. The molecule has 7 nitrogen and oxygen atoms in total. The van der Waals surface area contributed by atoms with E-state index in [2.05, 4.69) is 4.90 Å². The second-order valence-electron chi connectivity index (χ2n) is 8.34. The third-order valence-corrected chi connectivity index (χ3v) is 6.03. The van der Waals surface area contributed by atoms with Gasteiger partial charge in [0.1, 0.15) is 18.1 Å². The highest BCUT2D eigenvalue weighted by atomic mass is 16.5. The highest BCUT2D eigenvalue weighted by Crippen LogP contribution is 2.23. The van der Waals surface area contributed by atoms with Gasteiger partial charge in [-0.15, -0.1) is 0 Å². The third-order valence-electron chi connectivity index (χ3n) is 6.03. The van der Waals surface area contributed by atoms with E-state index in [0.717, 1.165) is 70.0 Å². The molecular weight excluding hydrogens is 420 g/mol. The summed E-state index contributed by atoms with van der Waals surface area (Å²) >= 11 is 0. The Bertz CT molecular complexity index is 890. The van der Waals surface area contributed by atoms with Crippen molar-refractivity contribution < 1.29 is 23.8 Å². The fraction of sp³-hybridized carbons (Fsp3) is 0.462. The molecule has 0 spiro atoms. The molecule has 7 heteroatoms. The molecule has 0 unspecified atom stereocenters. The smallest absolute Gasteiger partial charge is 0.261 e. The Hall–Kier alpha value is -2.90. The molecule has 33 heavy (non-hydrogen) atoms. The lowest BCUT2D eigenvalue weighted by Gasteiger charge is -2.26. The molecule has 2 heterocycles. The number of carbonyl (C=O) groups excluding carboxylic acids is 2. The average molecular weight is 453 g/mol. The van der Waals surface area contributed by atoms with Crippen molar-refractivity contribution in [3.8, 4) is 11.5 Å². The third kappa shape index (κ3) is 6.33. The highest BCUT2D eigenvalue weighted by Gasteiger charge is 2.34. The van der Waals surface area contributed by atoms with E-state index >= 15 is 0 Å². The Balaban J connectivity index is 1.06. The Morgan fingerprint density at radius 2 is 1.27 bits per heavy atom. The van der Waals surface area contributed by atoms with E-state index in [-0.39, 0.29) is 11.8 Å². The molecule has 1 fully saturated rings. The van der Waals surface area contributed by atoms with Gasteiger partial charge in [-0.25, -0.2) is 0 Å². The van der Waals surface area contributed by atoms with Crippen LogP contribution in [0.3, 0.4) is 0 Å². The van der Waals surface area contributed by atoms with E-state index in [9.17, 15) is 9.59 Å². The maximum absolute atomic E-state index is 12.4. The first kappa shape index (κ1) is 23.3. The topological polar surface area (TPSA) is 68.3 Å². The van der Waals surface area contributed by atoms with Gasteiger partial charge in [-0.05, 0) is 49.2 Å². The summed E-state index contributed by atoms with van der Waals surface area (Å²) in [6.45, 7) is 6.25. The number of hydrogen-bond acceptors (Lipinski definition) is 6. The summed E-state index contributed by atoms with van der Waals surface area (Å²) in [6, 6.07) is 14.8. The second kappa shape index (κ2) is 11.8. The van der Waals surface area contributed by atoms with Crippen LogP contribution in [-0.4, -0.2) is 74.2 Å². The molecule has 0 saturated carbocycles. The minimum atomic E-state index is -0.174. The van der Waals surface area contributed by atoms with Crippen LogP contribution < -0.4 is 9.47 Å². The number of carbonyl (C=O) groups is 2. The van der Waals surface area contributed by atoms with Gasteiger partial charge in [0.05, 0.1) is 30.9 Å². The van der Waals surface area contributed by atoms with E-state index in [1.54, 1.807) is 24.3 Å². The number of rotatable bonds is 12. The summed E-state index contributed by atoms with van der Waals surface area (Å²) in [4.78, 5) is 28.4. The first-order chi connectivity index (χ1) is 16.2. The summed E-state index contributed by atoms with van der Waals surface area (Å²) in [5.41, 5.74) is 1.04. The van der Waals surface area contributed by atoms with Crippen molar-refractivity contribution in [1.82, 2.24) is 9.80 Å². The van der Waals surface area contributed by atoms with Crippen LogP contribution in [0.15, 0.2) is 48.5 Å². The predicted octanol–water partition coefficient (Wildman–Crippen LogP) is 3.63. The zero-order valence-electron chi connectivity index (χ0n) is 19.0. The summed E-state index contributed by atoms with van der Waals surface area (Å²) in [5.74, 6) is 1.34. The number of nitrogens with zero attached hydrogens (tertiary/aromatic N) is 2. The molecule has 2 aromatic carbocycles. The summed E-state index contributed by atoms with van der Waals surface area (Å²) in [5, 5.41) is 0. The molecule has 1 saturated heterocycles. The molecule has 2 aromatic rings. The molecule has 0 bridgehead atoms. The van der Waals surface area contributed by atoms with Gasteiger partial charge in [0.2, 0.25) is 0 Å². The van der Waals surface area contributed by atoms with Gasteiger partial charge >= 0.3 is 0 Å². The average Bonchev–Trinajstić information content (AvgIpc) is 3.10. The number of morpholine rings is 1. The van der Waals surface area contributed by atoms with Crippen molar-refractivity contribution in [2.24, 2.45) is 0 Å². The van der Waals surface area contributed by atoms with Crippen LogP contribution in [0, 0.1) is 0 Å². The van der Waals surface area contributed by atoms with Gasteiger partial charge in [0.15, 0.2) is 0 Å². The fourth-order valence-electron chi connectivity index (χ4n) is 4.11. The van der Waals surface area contributed by atoms with Gasteiger partial charge in [0, 0.05) is 26.2 Å². The minimum absolute atomic E-state index is 0.174. The molecule has 0 N–H and O–H groups in total. The van der Waals surface area contributed by atoms with E-state index < -0.39 is 0 Å². The number of fused-ring (bicyclic) bond motifs is 1. The molecule has 0 aromatic heterocycles. The van der Waals surface area contributed by atoms with Gasteiger partial charge in [-0.2, -0.15) is 0 Å². The van der Waals surface area contributed by atoms with Crippen LogP contribution in [0.5, 0.6) is 11.5 Å². The molecule has 0 radical (unpaired) electrons. The summed E-state index contributed by atoms with van der Waals surface area (Å²) < 4.78 is 17.0. The standard InChI is InChI=1S/C26H32N2O5/c29-25-23-7-3-4-8-24(23)26(30)28(25)13-5-1-2-6-17-32-21-9-11-22(12-10-21)33-20-16-27-14-18-31-19-15-27/h3-4,7-12H,1-2,5-6,13-20H2. The van der Waals surface area contributed by atoms with Crippen molar-refractivity contribution in [3.63, 3.8) is 0 Å². The van der Waals surface area contributed by atoms with Crippen LogP contribution in [0.25, 0.3) is 0 Å². The van der Waals surface area contributed by atoms with Crippen LogP contribution in [0.1, 0.15) is 46.4 Å². The number of benzene rings is 2. The van der Waals surface area contributed by atoms with Crippen molar-refractivity contribution in [3.05, 3.63) is 59.7 Å². The fourth-order valence-corrected chi connectivity index (χ4v) is 4.11. The molecule has 2 aliphatic rings. The quantitative estimate of drug-likeness (QED) is 0.362. The van der Waals surface area contributed by atoms with Crippen molar-refractivity contribution in [2.75, 3.05) is 52.6 Å². The number of unbranched alkanes of at least 4 members (excludes halogenated alkanes) is 3. The highest BCUT2D eigenvalue weighted by molar-refractivity contribution is 6.21.